The van der Waals surface area contributed by atoms with E-state index in [2.05, 4.69) is 5.92 Å². The van der Waals surface area contributed by atoms with Crippen molar-refractivity contribution >= 4 is 5.97 Å². The maximum Gasteiger partial charge on any atom is 0.306 e. The zero-order valence-corrected chi connectivity index (χ0v) is 7.41. The second kappa shape index (κ2) is 5.62. The van der Waals surface area contributed by atoms with Crippen molar-refractivity contribution in [1.29, 1.82) is 0 Å². The molecule has 0 heterocycles. The van der Waals surface area contributed by atoms with Gasteiger partial charge in [-0.25, -0.2) is 0 Å². The molecule has 0 saturated heterocycles. The van der Waals surface area contributed by atoms with E-state index in [0.717, 1.165) is 0 Å². The number of terminal acetylenes is 1. The Balaban J connectivity index is 3.52. The number of hydrogen-bond donors (Lipinski definition) is 1. The van der Waals surface area contributed by atoms with Gasteiger partial charge in [-0.1, -0.05) is 5.92 Å². The molecule has 0 unspecified atom stereocenters. The van der Waals surface area contributed by atoms with Gasteiger partial charge in [0.15, 0.2) is 0 Å². The molecule has 0 aromatic heterocycles. The Bertz CT molecular complexity index is 179. The van der Waals surface area contributed by atoms with E-state index in [0.29, 0.717) is 0 Å². The molecule has 1 N–H and O–H groups in total. The number of esters is 1. The molecule has 0 rings (SSSR count). The summed E-state index contributed by atoms with van der Waals surface area (Å²) < 4.78 is 4.83. The summed E-state index contributed by atoms with van der Waals surface area (Å²) in [6.45, 7) is 3.55. The maximum absolute atomic E-state index is 10.9. The molecule has 0 saturated carbocycles. The third-order valence-corrected chi connectivity index (χ3v) is 1.18. The third-order valence-electron chi connectivity index (χ3n) is 1.18. The van der Waals surface area contributed by atoms with Gasteiger partial charge in [0.05, 0.1) is 6.10 Å². The molecule has 68 valence electrons. The molecular formula is C9H14O3. The third kappa shape index (κ3) is 5.75. The Morgan fingerprint density at radius 2 is 2.25 bits per heavy atom. The summed E-state index contributed by atoms with van der Waals surface area (Å²) in [6, 6.07) is 0. The molecule has 0 fully saturated rings. The minimum Gasteiger partial charge on any atom is -0.463 e. The fourth-order valence-corrected chi connectivity index (χ4v) is 0.660. The van der Waals surface area contributed by atoms with Crippen LogP contribution in [0.5, 0.6) is 0 Å². The van der Waals surface area contributed by atoms with Crippen molar-refractivity contribution in [2.24, 2.45) is 0 Å². The van der Waals surface area contributed by atoms with Gasteiger partial charge in [0.1, 0.15) is 6.10 Å². The monoisotopic (exact) mass is 170 g/mol. The van der Waals surface area contributed by atoms with Crippen LogP contribution < -0.4 is 0 Å². The van der Waals surface area contributed by atoms with Gasteiger partial charge in [-0.2, -0.15) is 0 Å². The van der Waals surface area contributed by atoms with Crippen LogP contribution in [-0.4, -0.2) is 23.3 Å². The fourth-order valence-electron chi connectivity index (χ4n) is 0.660. The summed E-state index contributed by atoms with van der Waals surface area (Å²) in [6.07, 6.45) is 4.39. The van der Waals surface area contributed by atoms with Crippen LogP contribution in [0.1, 0.15) is 26.7 Å². The van der Waals surface area contributed by atoms with Crippen LogP contribution in [0.3, 0.4) is 0 Å². The van der Waals surface area contributed by atoms with Gasteiger partial charge in [0.2, 0.25) is 0 Å². The second-order valence-electron chi connectivity index (χ2n) is 2.76. The van der Waals surface area contributed by atoms with Gasteiger partial charge >= 0.3 is 5.97 Å². The van der Waals surface area contributed by atoms with E-state index in [1.807, 2.05) is 0 Å². The summed E-state index contributed by atoms with van der Waals surface area (Å²) in [5.41, 5.74) is 0. The molecule has 1 atom stereocenters. The number of rotatable bonds is 4. The average molecular weight is 170 g/mol. The highest BCUT2D eigenvalue weighted by Gasteiger charge is 2.07. The molecule has 3 heteroatoms. The predicted octanol–water partition coefficient (Wildman–Crippen LogP) is 0.712. The predicted molar refractivity (Wildman–Crippen MR) is 45.3 cm³/mol. The number of aliphatic hydroxyl groups excluding tert-OH is 1. The summed E-state index contributed by atoms with van der Waals surface area (Å²) >= 11 is 0. The van der Waals surface area contributed by atoms with Gasteiger partial charge in [-0.05, 0) is 20.3 Å². The maximum atomic E-state index is 10.9. The minimum absolute atomic E-state index is 0.111. The van der Waals surface area contributed by atoms with E-state index in [1.54, 1.807) is 13.8 Å². The van der Waals surface area contributed by atoms with E-state index in [9.17, 15) is 4.79 Å². The number of hydrogen-bond acceptors (Lipinski definition) is 3. The first-order valence-electron chi connectivity index (χ1n) is 3.90. The summed E-state index contributed by atoms with van der Waals surface area (Å²) in [7, 11) is 0. The molecule has 12 heavy (non-hydrogen) atoms. The van der Waals surface area contributed by atoms with Crippen LogP contribution >= 0.6 is 0 Å². The van der Waals surface area contributed by atoms with E-state index in [1.165, 1.54) is 0 Å². The lowest BCUT2D eigenvalue weighted by Crippen LogP contribution is -2.13. The molecule has 0 aromatic rings. The van der Waals surface area contributed by atoms with Gasteiger partial charge < -0.3 is 9.84 Å². The number of ether oxygens (including phenoxy) is 1. The van der Waals surface area contributed by atoms with E-state index in [-0.39, 0.29) is 24.9 Å². The highest BCUT2D eigenvalue weighted by molar-refractivity contribution is 5.69. The smallest absolute Gasteiger partial charge is 0.306 e. The Hall–Kier alpha value is -1.01. The van der Waals surface area contributed by atoms with Gasteiger partial charge in [0, 0.05) is 6.42 Å². The van der Waals surface area contributed by atoms with E-state index in [4.69, 9.17) is 16.3 Å². The minimum atomic E-state index is -0.843. The summed E-state index contributed by atoms with van der Waals surface area (Å²) in [4.78, 5) is 10.9. The van der Waals surface area contributed by atoms with Crippen molar-refractivity contribution in [2.45, 2.75) is 38.9 Å². The van der Waals surface area contributed by atoms with Crippen molar-refractivity contribution < 1.29 is 14.6 Å². The topological polar surface area (TPSA) is 46.5 Å². The zero-order valence-electron chi connectivity index (χ0n) is 7.41. The molecule has 0 aliphatic carbocycles. The van der Waals surface area contributed by atoms with Crippen molar-refractivity contribution in [3.8, 4) is 12.3 Å². The normalized spacial score (nSPS) is 12.2. The van der Waals surface area contributed by atoms with E-state index < -0.39 is 6.10 Å². The van der Waals surface area contributed by atoms with Gasteiger partial charge in [-0.15, -0.1) is 6.42 Å². The SMILES string of the molecule is C#C[C@H](O)CCC(=O)OC(C)C. The number of carbonyl (C=O) groups excluding carboxylic acids is 1. The average Bonchev–Trinajstić information content (AvgIpc) is 1.99. The Morgan fingerprint density at radius 1 is 1.67 bits per heavy atom. The molecule has 0 radical (unpaired) electrons. The molecule has 0 aromatic carbocycles. The van der Waals surface area contributed by atoms with Crippen LogP contribution in [0.15, 0.2) is 0 Å². The largest absolute Gasteiger partial charge is 0.463 e. The molecule has 0 amide bonds. The Kier molecular flexibility index (Phi) is 5.14. The molecule has 0 spiro atoms. The zero-order chi connectivity index (χ0) is 9.56. The fraction of sp³-hybridized carbons (Fsp3) is 0.667. The standard InChI is InChI=1S/C9H14O3/c1-4-8(10)5-6-9(11)12-7(2)3/h1,7-8,10H,5-6H2,2-3H3/t8-/m0/s1. The molecular weight excluding hydrogens is 156 g/mol. The van der Waals surface area contributed by atoms with Crippen LogP contribution in [0.2, 0.25) is 0 Å². The number of carbonyl (C=O) groups is 1. The lowest BCUT2D eigenvalue weighted by atomic mass is 10.2. The van der Waals surface area contributed by atoms with Crippen molar-refractivity contribution in [1.82, 2.24) is 0 Å². The van der Waals surface area contributed by atoms with Crippen molar-refractivity contribution in [3.63, 3.8) is 0 Å². The number of aliphatic hydroxyl groups is 1. The first kappa shape index (κ1) is 11.0. The first-order valence-corrected chi connectivity index (χ1v) is 3.90. The molecule has 0 aliphatic rings. The highest BCUT2D eigenvalue weighted by atomic mass is 16.5. The van der Waals surface area contributed by atoms with E-state index >= 15 is 0 Å². The summed E-state index contributed by atoms with van der Waals surface area (Å²) in [5.74, 6) is 1.80. The first-order chi connectivity index (χ1) is 5.56. The molecule has 0 aliphatic heterocycles. The molecule has 3 nitrogen and oxygen atoms in total. The van der Waals surface area contributed by atoms with Crippen molar-refractivity contribution in [2.75, 3.05) is 0 Å². The lowest BCUT2D eigenvalue weighted by molar-refractivity contribution is -0.147. The van der Waals surface area contributed by atoms with Crippen LogP contribution in [-0.2, 0) is 9.53 Å². The van der Waals surface area contributed by atoms with Gasteiger partial charge in [-0.3, -0.25) is 4.79 Å². The summed E-state index contributed by atoms with van der Waals surface area (Å²) in [5, 5.41) is 8.90. The Labute approximate surface area is 72.7 Å². The van der Waals surface area contributed by atoms with Gasteiger partial charge in [0.25, 0.3) is 0 Å². The quantitative estimate of drug-likeness (QED) is 0.499. The van der Waals surface area contributed by atoms with Crippen LogP contribution in [0.25, 0.3) is 0 Å². The van der Waals surface area contributed by atoms with Crippen molar-refractivity contribution in [3.05, 3.63) is 0 Å². The Morgan fingerprint density at radius 3 is 2.67 bits per heavy atom. The highest BCUT2D eigenvalue weighted by Crippen LogP contribution is 1.99. The lowest BCUT2D eigenvalue weighted by Gasteiger charge is -2.07. The second-order valence-corrected chi connectivity index (χ2v) is 2.76. The van der Waals surface area contributed by atoms with Crippen LogP contribution in [0, 0.1) is 12.3 Å². The van der Waals surface area contributed by atoms with Crippen LogP contribution in [0.4, 0.5) is 0 Å². The molecule has 0 bridgehead atoms.